The third-order valence-electron chi connectivity index (χ3n) is 2.60. The van der Waals surface area contributed by atoms with Crippen LogP contribution in [-0.4, -0.2) is 21.3 Å². The molecular formula is C11H10F3NO2S. The van der Waals surface area contributed by atoms with Gasteiger partial charge < -0.3 is 5.11 Å². The molecule has 0 radical (unpaired) electrons. The van der Waals surface area contributed by atoms with Crippen molar-refractivity contribution in [1.82, 2.24) is 4.98 Å². The molecule has 2 rings (SSSR count). The van der Waals surface area contributed by atoms with E-state index in [4.69, 9.17) is 5.11 Å². The van der Waals surface area contributed by atoms with E-state index in [1.807, 2.05) is 0 Å². The number of nitrogens with zero attached hydrogens (tertiary/aromatic N) is 1. The van der Waals surface area contributed by atoms with Crippen molar-refractivity contribution >= 4 is 17.7 Å². The van der Waals surface area contributed by atoms with Crippen LogP contribution >= 0.6 is 11.8 Å². The molecule has 1 aromatic rings. The van der Waals surface area contributed by atoms with E-state index in [1.165, 1.54) is 6.07 Å². The molecule has 1 atom stereocenters. The fourth-order valence-corrected chi connectivity index (χ4v) is 2.58. The third-order valence-corrected chi connectivity index (χ3v) is 3.93. The van der Waals surface area contributed by atoms with Crippen LogP contribution in [0.15, 0.2) is 23.4 Å². The summed E-state index contributed by atoms with van der Waals surface area (Å²) in [7, 11) is 0. The van der Waals surface area contributed by atoms with E-state index in [9.17, 15) is 18.0 Å². The molecule has 0 bridgehead atoms. The van der Waals surface area contributed by atoms with Crippen molar-refractivity contribution in [2.24, 2.45) is 5.92 Å². The van der Waals surface area contributed by atoms with Crippen molar-refractivity contribution in [3.63, 3.8) is 0 Å². The topological polar surface area (TPSA) is 50.2 Å². The Morgan fingerprint density at radius 2 is 2.11 bits per heavy atom. The molecule has 0 saturated heterocycles. The average molecular weight is 277 g/mol. The molecule has 1 heterocycles. The maximum atomic E-state index is 12.3. The zero-order valence-corrected chi connectivity index (χ0v) is 9.96. The number of thioether (sulfide) groups is 1. The Bertz CT molecular complexity index is 443. The maximum Gasteiger partial charge on any atom is 0.417 e. The summed E-state index contributed by atoms with van der Waals surface area (Å²) in [6, 6.07) is 2.13. The van der Waals surface area contributed by atoms with Crippen molar-refractivity contribution in [3.05, 3.63) is 23.9 Å². The summed E-state index contributed by atoms with van der Waals surface area (Å²) in [6.07, 6.45) is -1.98. The van der Waals surface area contributed by atoms with E-state index >= 15 is 0 Å². The Balaban J connectivity index is 2.07. The standard InChI is InChI=1S/C11H10F3NO2S/c12-11(13,14)7-3-4-8(15-5-7)18-9(10(16)17)6-1-2-6/h3-6,9H,1-2H2,(H,16,17). The Morgan fingerprint density at radius 3 is 2.50 bits per heavy atom. The number of alkyl halides is 3. The molecule has 98 valence electrons. The molecule has 1 N–H and O–H groups in total. The Hall–Kier alpha value is -1.24. The lowest BCUT2D eigenvalue weighted by atomic mass is 10.3. The number of pyridine rings is 1. The molecule has 0 spiro atoms. The molecule has 7 heteroatoms. The van der Waals surface area contributed by atoms with E-state index < -0.39 is 23.0 Å². The third kappa shape index (κ3) is 3.16. The van der Waals surface area contributed by atoms with Gasteiger partial charge in [0.05, 0.1) is 10.6 Å². The first-order valence-electron chi connectivity index (χ1n) is 5.30. The van der Waals surface area contributed by atoms with Crippen molar-refractivity contribution in [3.8, 4) is 0 Å². The predicted octanol–water partition coefficient (Wildman–Crippen LogP) is 3.06. The number of hydrogen-bond donors (Lipinski definition) is 1. The number of rotatable bonds is 4. The van der Waals surface area contributed by atoms with Crippen molar-refractivity contribution in [1.29, 1.82) is 0 Å². The molecule has 0 aliphatic heterocycles. The minimum absolute atomic E-state index is 0.108. The summed E-state index contributed by atoms with van der Waals surface area (Å²) in [6.45, 7) is 0. The normalized spacial score (nSPS) is 17.5. The van der Waals surface area contributed by atoms with Crippen molar-refractivity contribution in [2.75, 3.05) is 0 Å². The van der Waals surface area contributed by atoms with Gasteiger partial charge in [-0.25, -0.2) is 4.98 Å². The van der Waals surface area contributed by atoms with E-state index in [0.29, 0.717) is 5.03 Å². The second kappa shape index (κ2) is 4.79. The van der Waals surface area contributed by atoms with Gasteiger partial charge in [0, 0.05) is 6.20 Å². The zero-order valence-electron chi connectivity index (χ0n) is 9.15. The van der Waals surface area contributed by atoms with Crippen LogP contribution in [0.3, 0.4) is 0 Å². The highest BCUT2D eigenvalue weighted by Crippen LogP contribution is 2.41. The average Bonchev–Trinajstić information content (AvgIpc) is 3.08. The largest absolute Gasteiger partial charge is 0.480 e. The van der Waals surface area contributed by atoms with Gasteiger partial charge in [-0.1, -0.05) is 11.8 Å². The number of carboxylic acids is 1. The SMILES string of the molecule is O=C(O)C(Sc1ccc(C(F)(F)F)cn1)C1CC1. The van der Waals surface area contributed by atoms with E-state index in [0.717, 1.165) is 36.9 Å². The molecular weight excluding hydrogens is 267 g/mol. The number of halogens is 3. The minimum atomic E-state index is -4.42. The lowest BCUT2D eigenvalue weighted by Gasteiger charge is -2.11. The number of hydrogen-bond acceptors (Lipinski definition) is 3. The summed E-state index contributed by atoms with van der Waals surface area (Å²) in [5.74, 6) is -0.833. The summed E-state index contributed by atoms with van der Waals surface area (Å²) < 4.78 is 36.9. The zero-order chi connectivity index (χ0) is 13.3. The molecule has 18 heavy (non-hydrogen) atoms. The Labute approximate surface area is 105 Å². The monoisotopic (exact) mass is 277 g/mol. The first kappa shape index (κ1) is 13.2. The highest BCUT2D eigenvalue weighted by atomic mass is 32.2. The van der Waals surface area contributed by atoms with E-state index in [2.05, 4.69) is 4.98 Å². The van der Waals surface area contributed by atoms with Crippen molar-refractivity contribution in [2.45, 2.75) is 29.3 Å². The molecule has 1 saturated carbocycles. The summed E-state index contributed by atoms with van der Waals surface area (Å²) in [4.78, 5) is 14.6. The lowest BCUT2D eigenvalue weighted by Crippen LogP contribution is -2.18. The lowest BCUT2D eigenvalue weighted by molar-refractivity contribution is -0.138. The Morgan fingerprint density at radius 1 is 1.44 bits per heavy atom. The van der Waals surface area contributed by atoms with Crippen LogP contribution in [0.4, 0.5) is 13.2 Å². The molecule has 3 nitrogen and oxygen atoms in total. The predicted molar refractivity (Wildman–Crippen MR) is 59.2 cm³/mol. The van der Waals surface area contributed by atoms with Crippen LogP contribution in [0, 0.1) is 5.92 Å². The van der Waals surface area contributed by atoms with Gasteiger partial charge in [0.2, 0.25) is 0 Å². The highest BCUT2D eigenvalue weighted by Gasteiger charge is 2.37. The maximum absolute atomic E-state index is 12.3. The number of carboxylic acid groups (broad SMARTS) is 1. The van der Waals surface area contributed by atoms with Gasteiger partial charge in [-0.05, 0) is 30.9 Å². The second-order valence-electron chi connectivity index (χ2n) is 4.10. The summed E-state index contributed by atoms with van der Waals surface area (Å²) in [5.41, 5.74) is -0.829. The number of aromatic nitrogens is 1. The quantitative estimate of drug-likeness (QED) is 0.859. The van der Waals surface area contributed by atoms with Crippen LogP contribution in [0.1, 0.15) is 18.4 Å². The molecule has 0 amide bonds. The van der Waals surface area contributed by atoms with Gasteiger partial charge in [-0.2, -0.15) is 13.2 Å². The molecule has 1 unspecified atom stereocenters. The van der Waals surface area contributed by atoms with Crippen LogP contribution in [0.5, 0.6) is 0 Å². The van der Waals surface area contributed by atoms with E-state index in [1.54, 1.807) is 0 Å². The molecule has 1 fully saturated rings. The molecule has 1 aromatic heterocycles. The van der Waals surface area contributed by atoms with Crippen molar-refractivity contribution < 1.29 is 23.1 Å². The van der Waals surface area contributed by atoms with Crippen LogP contribution in [0.25, 0.3) is 0 Å². The highest BCUT2D eigenvalue weighted by molar-refractivity contribution is 8.00. The van der Waals surface area contributed by atoms with Gasteiger partial charge in [0.1, 0.15) is 5.25 Å². The fourth-order valence-electron chi connectivity index (χ4n) is 1.50. The first-order valence-corrected chi connectivity index (χ1v) is 6.18. The Kier molecular flexibility index (Phi) is 3.52. The van der Waals surface area contributed by atoms with Crippen LogP contribution in [-0.2, 0) is 11.0 Å². The van der Waals surface area contributed by atoms with Crippen LogP contribution < -0.4 is 0 Å². The number of aliphatic carboxylic acids is 1. The van der Waals surface area contributed by atoms with Gasteiger partial charge in [-0.15, -0.1) is 0 Å². The minimum Gasteiger partial charge on any atom is -0.480 e. The van der Waals surface area contributed by atoms with E-state index in [-0.39, 0.29) is 5.92 Å². The van der Waals surface area contributed by atoms with Gasteiger partial charge in [0.25, 0.3) is 0 Å². The molecule has 1 aliphatic rings. The second-order valence-corrected chi connectivity index (χ2v) is 5.26. The van der Waals surface area contributed by atoms with Gasteiger partial charge in [-0.3, -0.25) is 4.79 Å². The molecule has 1 aliphatic carbocycles. The fraction of sp³-hybridized carbons (Fsp3) is 0.455. The molecule has 0 aromatic carbocycles. The van der Waals surface area contributed by atoms with Gasteiger partial charge in [0.15, 0.2) is 0 Å². The summed E-state index contributed by atoms with van der Waals surface area (Å²) in [5, 5.41) is 8.69. The number of carbonyl (C=O) groups is 1. The first-order chi connectivity index (χ1) is 8.38. The van der Waals surface area contributed by atoms with Gasteiger partial charge >= 0.3 is 12.1 Å². The smallest absolute Gasteiger partial charge is 0.417 e. The van der Waals surface area contributed by atoms with Crippen LogP contribution in [0.2, 0.25) is 0 Å². The summed E-state index contributed by atoms with van der Waals surface area (Å²) >= 11 is 1.01.